The molecule has 3 heteroatoms. The van der Waals surface area contributed by atoms with E-state index in [2.05, 4.69) is 6.92 Å². The largest absolute Gasteiger partial charge is 0.388 e. The molecule has 0 aliphatic heterocycles. The molecule has 0 spiro atoms. The minimum atomic E-state index is -0.495. The molecule has 1 rings (SSSR count). The highest BCUT2D eigenvalue weighted by Gasteiger charge is 2.40. The van der Waals surface area contributed by atoms with Crippen molar-refractivity contribution >= 4 is 0 Å². The number of aliphatic hydroxyl groups is 1. The maximum atomic E-state index is 9.96. The Bertz CT molecular complexity index is 162. The zero-order valence-electron chi connectivity index (χ0n) is 9.45. The van der Waals surface area contributed by atoms with E-state index in [-0.39, 0.29) is 5.60 Å². The molecule has 1 atom stereocenters. The second-order valence-electron chi connectivity index (χ2n) is 4.42. The Balaban J connectivity index is 2.57. The molecule has 1 fully saturated rings. The standard InChI is InChI=1S/C11H22O3/c1-9-4-6-11(14-3,7-5-9)10(12)8-13-2/h9-10,12H,4-8H2,1-3H3. The van der Waals surface area contributed by atoms with Crippen LogP contribution in [-0.4, -0.2) is 37.6 Å². The predicted molar refractivity (Wildman–Crippen MR) is 55.3 cm³/mol. The van der Waals surface area contributed by atoms with Crippen molar-refractivity contribution < 1.29 is 14.6 Å². The lowest BCUT2D eigenvalue weighted by atomic mass is 9.76. The van der Waals surface area contributed by atoms with Gasteiger partial charge < -0.3 is 14.6 Å². The van der Waals surface area contributed by atoms with Crippen molar-refractivity contribution in [1.82, 2.24) is 0 Å². The molecule has 3 nitrogen and oxygen atoms in total. The Morgan fingerprint density at radius 1 is 1.36 bits per heavy atom. The van der Waals surface area contributed by atoms with Crippen molar-refractivity contribution in [3.05, 3.63) is 0 Å². The summed E-state index contributed by atoms with van der Waals surface area (Å²) in [5, 5.41) is 9.96. The summed E-state index contributed by atoms with van der Waals surface area (Å²) in [5.41, 5.74) is -0.359. The highest BCUT2D eigenvalue weighted by atomic mass is 16.5. The van der Waals surface area contributed by atoms with Gasteiger partial charge in [-0.25, -0.2) is 0 Å². The van der Waals surface area contributed by atoms with Crippen LogP contribution < -0.4 is 0 Å². The molecule has 0 heterocycles. The molecule has 14 heavy (non-hydrogen) atoms. The highest BCUT2D eigenvalue weighted by Crippen LogP contribution is 2.36. The third-order valence-corrected chi connectivity index (χ3v) is 3.46. The zero-order chi connectivity index (χ0) is 10.6. The first kappa shape index (κ1) is 12.0. The minimum Gasteiger partial charge on any atom is -0.388 e. The van der Waals surface area contributed by atoms with Gasteiger partial charge in [-0.05, 0) is 31.6 Å². The van der Waals surface area contributed by atoms with Crippen molar-refractivity contribution in [2.75, 3.05) is 20.8 Å². The van der Waals surface area contributed by atoms with E-state index in [9.17, 15) is 5.11 Å². The van der Waals surface area contributed by atoms with Crippen molar-refractivity contribution in [2.24, 2.45) is 5.92 Å². The van der Waals surface area contributed by atoms with Crippen LogP contribution in [-0.2, 0) is 9.47 Å². The fourth-order valence-electron chi connectivity index (χ4n) is 2.23. The van der Waals surface area contributed by atoms with E-state index in [0.717, 1.165) is 31.6 Å². The van der Waals surface area contributed by atoms with Crippen LogP contribution >= 0.6 is 0 Å². The molecule has 1 aliphatic rings. The molecule has 0 amide bonds. The van der Waals surface area contributed by atoms with Crippen LogP contribution in [0.2, 0.25) is 0 Å². The SMILES string of the molecule is COCC(O)C1(OC)CCC(C)CC1. The Morgan fingerprint density at radius 2 is 1.93 bits per heavy atom. The van der Waals surface area contributed by atoms with Crippen LogP contribution in [0.15, 0.2) is 0 Å². The fourth-order valence-corrected chi connectivity index (χ4v) is 2.23. The van der Waals surface area contributed by atoms with Gasteiger partial charge in [0.1, 0.15) is 6.10 Å². The lowest BCUT2D eigenvalue weighted by Crippen LogP contribution is -2.48. The maximum Gasteiger partial charge on any atom is 0.106 e. The minimum absolute atomic E-state index is 0.359. The average Bonchev–Trinajstić information content (AvgIpc) is 2.20. The third kappa shape index (κ3) is 2.47. The van der Waals surface area contributed by atoms with E-state index >= 15 is 0 Å². The average molecular weight is 202 g/mol. The molecule has 0 aromatic rings. The summed E-state index contributed by atoms with van der Waals surface area (Å²) in [6.45, 7) is 2.62. The van der Waals surface area contributed by atoms with Crippen LogP contribution in [0.5, 0.6) is 0 Å². The molecule has 1 unspecified atom stereocenters. The molecule has 1 saturated carbocycles. The van der Waals surface area contributed by atoms with Crippen molar-refractivity contribution in [3.8, 4) is 0 Å². The van der Waals surface area contributed by atoms with Crippen molar-refractivity contribution in [1.29, 1.82) is 0 Å². The van der Waals surface area contributed by atoms with Crippen LogP contribution in [0.3, 0.4) is 0 Å². The second kappa shape index (κ2) is 5.10. The number of methoxy groups -OCH3 is 2. The summed E-state index contributed by atoms with van der Waals surface area (Å²) < 4.78 is 10.5. The maximum absolute atomic E-state index is 9.96. The molecule has 1 N–H and O–H groups in total. The van der Waals surface area contributed by atoms with Crippen LogP contribution in [0.1, 0.15) is 32.6 Å². The van der Waals surface area contributed by atoms with Crippen LogP contribution in [0, 0.1) is 5.92 Å². The molecule has 0 radical (unpaired) electrons. The smallest absolute Gasteiger partial charge is 0.106 e. The number of hydrogen-bond donors (Lipinski definition) is 1. The third-order valence-electron chi connectivity index (χ3n) is 3.46. The highest BCUT2D eigenvalue weighted by molar-refractivity contribution is 4.92. The topological polar surface area (TPSA) is 38.7 Å². The lowest BCUT2D eigenvalue weighted by molar-refractivity contribution is -0.144. The number of hydrogen-bond acceptors (Lipinski definition) is 3. The van der Waals surface area contributed by atoms with Gasteiger partial charge in [-0.3, -0.25) is 0 Å². The zero-order valence-corrected chi connectivity index (χ0v) is 9.45. The van der Waals surface area contributed by atoms with E-state index in [0.29, 0.717) is 6.61 Å². The van der Waals surface area contributed by atoms with Crippen LogP contribution in [0.4, 0.5) is 0 Å². The fraction of sp³-hybridized carbons (Fsp3) is 1.00. The van der Waals surface area contributed by atoms with Crippen LogP contribution in [0.25, 0.3) is 0 Å². The first-order valence-electron chi connectivity index (χ1n) is 5.37. The molecule has 84 valence electrons. The summed E-state index contributed by atoms with van der Waals surface area (Å²) >= 11 is 0. The van der Waals surface area contributed by atoms with Gasteiger partial charge in [-0.2, -0.15) is 0 Å². The lowest BCUT2D eigenvalue weighted by Gasteiger charge is -2.41. The first-order valence-corrected chi connectivity index (χ1v) is 5.37. The molecule has 0 saturated heterocycles. The van der Waals surface area contributed by atoms with Crippen molar-refractivity contribution in [2.45, 2.75) is 44.3 Å². The van der Waals surface area contributed by atoms with Gasteiger partial charge in [-0.1, -0.05) is 6.92 Å². The van der Waals surface area contributed by atoms with Gasteiger partial charge in [-0.15, -0.1) is 0 Å². The number of aliphatic hydroxyl groups excluding tert-OH is 1. The van der Waals surface area contributed by atoms with Gasteiger partial charge in [0.15, 0.2) is 0 Å². The van der Waals surface area contributed by atoms with Gasteiger partial charge in [0.2, 0.25) is 0 Å². The Hall–Kier alpha value is -0.120. The quantitative estimate of drug-likeness (QED) is 0.752. The monoisotopic (exact) mass is 202 g/mol. The van der Waals surface area contributed by atoms with E-state index in [4.69, 9.17) is 9.47 Å². The Morgan fingerprint density at radius 3 is 2.36 bits per heavy atom. The molecule has 0 aromatic carbocycles. The molecule has 1 aliphatic carbocycles. The van der Waals surface area contributed by atoms with E-state index in [1.54, 1.807) is 14.2 Å². The van der Waals surface area contributed by atoms with E-state index < -0.39 is 6.10 Å². The molecular weight excluding hydrogens is 180 g/mol. The van der Waals surface area contributed by atoms with Gasteiger partial charge in [0.05, 0.1) is 12.2 Å². The van der Waals surface area contributed by atoms with Gasteiger partial charge >= 0.3 is 0 Å². The Kier molecular flexibility index (Phi) is 4.35. The molecule has 0 aromatic heterocycles. The summed E-state index contributed by atoms with van der Waals surface area (Å²) in [6.07, 6.45) is 3.65. The normalized spacial score (nSPS) is 35.6. The predicted octanol–water partition coefficient (Wildman–Crippen LogP) is 1.59. The second-order valence-corrected chi connectivity index (χ2v) is 4.42. The van der Waals surface area contributed by atoms with Crippen molar-refractivity contribution in [3.63, 3.8) is 0 Å². The number of ether oxygens (including phenoxy) is 2. The van der Waals surface area contributed by atoms with Gasteiger partial charge in [0, 0.05) is 14.2 Å². The first-order chi connectivity index (χ1) is 6.64. The summed E-state index contributed by atoms with van der Waals surface area (Å²) in [6, 6.07) is 0. The molecule has 0 bridgehead atoms. The summed E-state index contributed by atoms with van der Waals surface area (Å²) in [4.78, 5) is 0. The molecular formula is C11H22O3. The Labute approximate surface area is 86.4 Å². The van der Waals surface area contributed by atoms with Gasteiger partial charge in [0.25, 0.3) is 0 Å². The van der Waals surface area contributed by atoms with E-state index in [1.807, 2.05) is 0 Å². The summed E-state index contributed by atoms with van der Waals surface area (Å²) in [5.74, 6) is 0.757. The van der Waals surface area contributed by atoms with E-state index in [1.165, 1.54) is 0 Å². The summed E-state index contributed by atoms with van der Waals surface area (Å²) in [7, 11) is 3.30. The number of rotatable bonds is 4.